The number of nitrogens with one attached hydrogen (secondary N) is 1. The molecule has 2 aromatic rings. The lowest BCUT2D eigenvalue weighted by Crippen LogP contribution is -2.19. The van der Waals surface area contributed by atoms with Gasteiger partial charge in [0.05, 0.1) is 12.8 Å². The molecule has 5 heteroatoms. The fraction of sp³-hybridized carbons (Fsp3) is 0.125. The summed E-state index contributed by atoms with van der Waals surface area (Å²) in [7, 11) is 1.58. The molecule has 0 aliphatic heterocycles. The van der Waals surface area contributed by atoms with E-state index in [1.54, 1.807) is 31.4 Å². The van der Waals surface area contributed by atoms with Gasteiger partial charge in [0.1, 0.15) is 5.75 Å². The number of hydrazone groups is 1. The number of hydrogen-bond acceptors (Lipinski definition) is 3. The normalized spacial score (nSPS) is 11.1. The maximum atomic E-state index is 12.0. The molecular formula is C16H15BrN2O2. The van der Waals surface area contributed by atoms with Crippen LogP contribution in [0.5, 0.6) is 5.75 Å². The first kappa shape index (κ1) is 15.3. The lowest BCUT2D eigenvalue weighted by Gasteiger charge is -2.04. The highest BCUT2D eigenvalue weighted by atomic mass is 79.9. The quantitative estimate of drug-likeness (QED) is 0.679. The molecule has 0 aliphatic rings. The van der Waals surface area contributed by atoms with Crippen LogP contribution in [0.2, 0.25) is 0 Å². The standard InChI is InChI=1S/C16H15BrN2O2/c1-11(13-4-3-5-14(17)10-13)18-19-16(20)12-6-8-15(21-2)9-7-12/h3-10H,1-2H3,(H,19,20)/b18-11-. The molecule has 0 spiro atoms. The minimum atomic E-state index is -0.257. The molecule has 0 saturated heterocycles. The molecule has 21 heavy (non-hydrogen) atoms. The van der Waals surface area contributed by atoms with Crippen molar-refractivity contribution in [3.8, 4) is 5.75 Å². The summed E-state index contributed by atoms with van der Waals surface area (Å²) in [5, 5.41) is 4.12. The van der Waals surface area contributed by atoms with E-state index >= 15 is 0 Å². The number of ether oxygens (including phenoxy) is 1. The van der Waals surface area contributed by atoms with Gasteiger partial charge in [-0.15, -0.1) is 0 Å². The Labute approximate surface area is 132 Å². The van der Waals surface area contributed by atoms with E-state index in [0.29, 0.717) is 11.3 Å². The van der Waals surface area contributed by atoms with E-state index in [-0.39, 0.29) is 5.91 Å². The predicted molar refractivity (Wildman–Crippen MR) is 86.8 cm³/mol. The molecule has 4 nitrogen and oxygen atoms in total. The van der Waals surface area contributed by atoms with E-state index < -0.39 is 0 Å². The summed E-state index contributed by atoms with van der Waals surface area (Å²) < 4.78 is 6.02. The van der Waals surface area contributed by atoms with E-state index in [1.807, 2.05) is 31.2 Å². The van der Waals surface area contributed by atoms with Crippen LogP contribution in [0.4, 0.5) is 0 Å². The van der Waals surface area contributed by atoms with Crippen LogP contribution in [0, 0.1) is 0 Å². The molecule has 0 bridgehead atoms. The smallest absolute Gasteiger partial charge is 0.271 e. The van der Waals surface area contributed by atoms with Gasteiger partial charge in [-0.25, -0.2) is 5.43 Å². The number of carbonyl (C=O) groups is 1. The number of rotatable bonds is 4. The van der Waals surface area contributed by atoms with Crippen LogP contribution < -0.4 is 10.2 Å². The van der Waals surface area contributed by atoms with Gasteiger partial charge in [0, 0.05) is 10.0 Å². The molecule has 1 amide bonds. The summed E-state index contributed by atoms with van der Waals surface area (Å²) in [5.74, 6) is 0.451. The number of carbonyl (C=O) groups excluding carboxylic acids is 1. The molecule has 108 valence electrons. The molecule has 0 fully saturated rings. The monoisotopic (exact) mass is 346 g/mol. The van der Waals surface area contributed by atoms with Crippen LogP contribution in [-0.2, 0) is 0 Å². The molecule has 0 unspecified atom stereocenters. The SMILES string of the molecule is COc1ccc(C(=O)N/N=C(/C)c2cccc(Br)c2)cc1. The molecule has 0 radical (unpaired) electrons. The van der Waals surface area contributed by atoms with Crippen molar-refractivity contribution < 1.29 is 9.53 Å². The van der Waals surface area contributed by atoms with Gasteiger partial charge in [0.15, 0.2) is 0 Å². The second-order valence-electron chi connectivity index (χ2n) is 4.38. The minimum Gasteiger partial charge on any atom is -0.497 e. The highest BCUT2D eigenvalue weighted by Crippen LogP contribution is 2.13. The van der Waals surface area contributed by atoms with Gasteiger partial charge >= 0.3 is 0 Å². The van der Waals surface area contributed by atoms with E-state index in [0.717, 1.165) is 15.7 Å². The Morgan fingerprint density at radius 3 is 2.48 bits per heavy atom. The topological polar surface area (TPSA) is 50.7 Å². The molecule has 0 heterocycles. The average molecular weight is 347 g/mol. The first-order chi connectivity index (χ1) is 10.1. The third kappa shape index (κ3) is 4.16. The van der Waals surface area contributed by atoms with Crippen LogP contribution in [0.25, 0.3) is 0 Å². The minimum absolute atomic E-state index is 0.257. The van der Waals surface area contributed by atoms with Gasteiger partial charge in [-0.1, -0.05) is 28.1 Å². The van der Waals surface area contributed by atoms with Crippen LogP contribution >= 0.6 is 15.9 Å². The van der Waals surface area contributed by atoms with Crippen molar-refractivity contribution in [2.45, 2.75) is 6.92 Å². The molecular weight excluding hydrogens is 332 g/mol. The second-order valence-corrected chi connectivity index (χ2v) is 5.29. The van der Waals surface area contributed by atoms with Gasteiger partial charge in [0.25, 0.3) is 5.91 Å². The van der Waals surface area contributed by atoms with Gasteiger partial charge in [0.2, 0.25) is 0 Å². The summed E-state index contributed by atoms with van der Waals surface area (Å²) >= 11 is 3.41. The number of hydrogen-bond donors (Lipinski definition) is 1. The van der Waals surface area contributed by atoms with Crippen molar-refractivity contribution >= 4 is 27.5 Å². The first-order valence-corrected chi connectivity index (χ1v) is 7.14. The van der Waals surface area contributed by atoms with Crippen LogP contribution in [0.15, 0.2) is 58.1 Å². The zero-order valence-corrected chi connectivity index (χ0v) is 13.3. The fourth-order valence-electron chi connectivity index (χ4n) is 1.72. The third-order valence-electron chi connectivity index (χ3n) is 2.92. The van der Waals surface area contributed by atoms with Crippen LogP contribution in [-0.4, -0.2) is 18.7 Å². The summed E-state index contributed by atoms with van der Waals surface area (Å²) in [4.78, 5) is 12.0. The molecule has 0 atom stereocenters. The Morgan fingerprint density at radius 2 is 1.86 bits per heavy atom. The largest absolute Gasteiger partial charge is 0.497 e. The maximum absolute atomic E-state index is 12.0. The Balaban J connectivity index is 2.06. The highest BCUT2D eigenvalue weighted by Gasteiger charge is 2.05. The summed E-state index contributed by atoms with van der Waals surface area (Å²) in [6, 6.07) is 14.6. The first-order valence-electron chi connectivity index (χ1n) is 6.35. The average Bonchev–Trinajstić information content (AvgIpc) is 2.52. The van der Waals surface area contributed by atoms with Gasteiger partial charge in [-0.3, -0.25) is 4.79 Å². The summed E-state index contributed by atoms with van der Waals surface area (Å²) in [6.07, 6.45) is 0. The number of benzene rings is 2. The van der Waals surface area contributed by atoms with Crippen molar-refractivity contribution in [2.75, 3.05) is 7.11 Å². The van der Waals surface area contributed by atoms with Crippen molar-refractivity contribution in [2.24, 2.45) is 5.10 Å². The van der Waals surface area contributed by atoms with E-state index in [9.17, 15) is 4.79 Å². The predicted octanol–water partition coefficient (Wildman–Crippen LogP) is 3.61. The van der Waals surface area contributed by atoms with Crippen molar-refractivity contribution in [1.82, 2.24) is 5.43 Å². The van der Waals surface area contributed by atoms with E-state index in [1.165, 1.54) is 0 Å². The third-order valence-corrected chi connectivity index (χ3v) is 3.41. The maximum Gasteiger partial charge on any atom is 0.271 e. The van der Waals surface area contributed by atoms with Crippen molar-refractivity contribution in [3.05, 3.63) is 64.1 Å². The molecule has 2 aromatic carbocycles. The Kier molecular flexibility index (Phi) is 5.11. The van der Waals surface area contributed by atoms with E-state index in [4.69, 9.17) is 4.74 Å². The lowest BCUT2D eigenvalue weighted by atomic mass is 10.1. The van der Waals surface area contributed by atoms with Crippen LogP contribution in [0.1, 0.15) is 22.8 Å². The zero-order chi connectivity index (χ0) is 15.2. The lowest BCUT2D eigenvalue weighted by molar-refractivity contribution is 0.0955. The van der Waals surface area contributed by atoms with Gasteiger partial charge in [-0.05, 0) is 48.9 Å². The summed E-state index contributed by atoms with van der Waals surface area (Å²) in [5.41, 5.74) is 4.75. The Hall–Kier alpha value is -2.14. The number of amides is 1. The Morgan fingerprint density at radius 1 is 1.14 bits per heavy atom. The molecule has 0 aliphatic carbocycles. The molecule has 0 aromatic heterocycles. The van der Waals surface area contributed by atoms with Crippen LogP contribution in [0.3, 0.4) is 0 Å². The Bertz CT molecular complexity index is 666. The van der Waals surface area contributed by atoms with E-state index in [2.05, 4.69) is 26.5 Å². The second kappa shape index (κ2) is 7.04. The molecule has 1 N–H and O–H groups in total. The van der Waals surface area contributed by atoms with Gasteiger partial charge < -0.3 is 4.74 Å². The van der Waals surface area contributed by atoms with Crippen molar-refractivity contribution in [1.29, 1.82) is 0 Å². The summed E-state index contributed by atoms with van der Waals surface area (Å²) in [6.45, 7) is 1.84. The molecule has 2 rings (SSSR count). The number of nitrogens with zero attached hydrogens (tertiary/aromatic N) is 1. The fourth-order valence-corrected chi connectivity index (χ4v) is 2.12. The number of methoxy groups -OCH3 is 1. The number of halogens is 1. The van der Waals surface area contributed by atoms with Gasteiger partial charge in [-0.2, -0.15) is 5.10 Å². The zero-order valence-electron chi connectivity index (χ0n) is 11.8. The highest BCUT2D eigenvalue weighted by molar-refractivity contribution is 9.10. The molecule has 0 saturated carbocycles. The van der Waals surface area contributed by atoms with Crippen molar-refractivity contribution in [3.63, 3.8) is 0 Å².